The van der Waals surface area contributed by atoms with E-state index in [-0.39, 0.29) is 49.9 Å². The minimum absolute atomic E-state index is 0.0464. The van der Waals surface area contributed by atoms with E-state index in [4.69, 9.17) is 28.0 Å². The third-order valence-corrected chi connectivity index (χ3v) is 12.0. The highest BCUT2D eigenvalue weighted by Crippen LogP contribution is 2.47. The van der Waals surface area contributed by atoms with Crippen molar-refractivity contribution in [3.8, 4) is 5.75 Å². The number of carbonyl (C=O) groups is 1. The number of sulfonamides is 1. The van der Waals surface area contributed by atoms with Gasteiger partial charge in [0, 0.05) is 18.8 Å². The third kappa shape index (κ3) is 11.6. The van der Waals surface area contributed by atoms with E-state index in [1.807, 2.05) is 0 Å². The number of carbonyl (C=O) groups excluding carboxylic acids is 1. The van der Waals surface area contributed by atoms with Crippen LogP contribution in [0.25, 0.3) is 0 Å². The van der Waals surface area contributed by atoms with Crippen molar-refractivity contribution in [3.05, 3.63) is 54.1 Å². The summed E-state index contributed by atoms with van der Waals surface area (Å²) in [6.07, 6.45) is -0.355. The number of fused-ring (bicyclic) bond motifs is 1. The van der Waals surface area contributed by atoms with Crippen molar-refractivity contribution in [1.82, 2.24) is 10.0 Å². The highest BCUT2D eigenvalue weighted by Gasteiger charge is 2.44. The Labute approximate surface area is 295 Å². The number of aliphatic hydroxyl groups excluding tert-OH is 1. The van der Waals surface area contributed by atoms with Crippen molar-refractivity contribution in [2.45, 2.75) is 82.8 Å². The second kappa shape index (κ2) is 19.2. The van der Waals surface area contributed by atoms with Crippen LogP contribution in [0.5, 0.6) is 5.75 Å². The Kier molecular flexibility index (Phi) is 15.4. The number of ether oxygens (including phenoxy) is 4. The number of anilines is 1. The van der Waals surface area contributed by atoms with Crippen LogP contribution in [-0.4, -0.2) is 90.0 Å². The molecule has 0 saturated carbocycles. The number of alkyl carbamates (subject to hydrolysis) is 1. The maximum atomic E-state index is 13.2. The molecule has 14 nitrogen and oxygen atoms in total. The van der Waals surface area contributed by atoms with Crippen LogP contribution in [0, 0.1) is 11.8 Å². The van der Waals surface area contributed by atoms with Gasteiger partial charge in [-0.25, -0.2) is 17.9 Å². The Bertz CT molecular complexity index is 1480. The lowest BCUT2D eigenvalue weighted by atomic mass is 10.0. The molecule has 0 aromatic heterocycles. The molecule has 2 fully saturated rings. The van der Waals surface area contributed by atoms with Crippen LogP contribution in [0.15, 0.2) is 53.4 Å². The SMILES string of the molecule is CCOP(=O)(COc1ccc(C[C@H](NC(=O)O[C@H]2CO[C@H]3OCC[C@H]32)[C@H](O)CNS(=O)(=O)c2ccc(NCC(CC)CC)cc2)cc1)OCC. The summed E-state index contributed by atoms with van der Waals surface area (Å²) in [5.74, 6) is 0.862. The van der Waals surface area contributed by atoms with Crippen molar-refractivity contribution in [3.63, 3.8) is 0 Å². The van der Waals surface area contributed by atoms with Gasteiger partial charge < -0.3 is 43.7 Å². The van der Waals surface area contributed by atoms with Crippen LogP contribution in [0.1, 0.15) is 52.5 Å². The summed E-state index contributed by atoms with van der Waals surface area (Å²) in [5.41, 5.74) is 1.52. The quantitative estimate of drug-likeness (QED) is 0.128. The summed E-state index contributed by atoms with van der Waals surface area (Å²) in [7, 11) is -7.40. The Morgan fingerprint density at radius 1 is 0.980 bits per heavy atom. The zero-order chi connectivity index (χ0) is 36.1. The lowest BCUT2D eigenvalue weighted by molar-refractivity contribution is -0.0907. The highest BCUT2D eigenvalue weighted by atomic mass is 32.2. The van der Waals surface area contributed by atoms with Gasteiger partial charge >= 0.3 is 13.7 Å². The third-order valence-electron chi connectivity index (χ3n) is 8.83. The number of hydrogen-bond acceptors (Lipinski definition) is 12. The van der Waals surface area contributed by atoms with E-state index in [0.29, 0.717) is 30.3 Å². The number of hydrogen-bond donors (Lipinski definition) is 4. The molecule has 2 saturated heterocycles. The predicted octanol–water partition coefficient (Wildman–Crippen LogP) is 4.88. The van der Waals surface area contributed by atoms with Crippen LogP contribution in [0.2, 0.25) is 0 Å². The summed E-state index contributed by atoms with van der Waals surface area (Å²) in [6.45, 7) is 9.26. The molecule has 0 aliphatic carbocycles. The lowest BCUT2D eigenvalue weighted by Crippen LogP contribution is -2.50. The molecule has 2 heterocycles. The Morgan fingerprint density at radius 3 is 2.30 bits per heavy atom. The fourth-order valence-electron chi connectivity index (χ4n) is 5.80. The largest absolute Gasteiger partial charge is 0.481 e. The molecule has 5 atom stereocenters. The molecule has 2 aromatic carbocycles. The first-order valence-electron chi connectivity index (χ1n) is 17.3. The van der Waals surface area contributed by atoms with Crippen molar-refractivity contribution in [2.75, 3.05) is 51.2 Å². The van der Waals surface area contributed by atoms with Gasteiger partial charge in [0.05, 0.1) is 49.4 Å². The van der Waals surface area contributed by atoms with Crippen LogP contribution in [0.3, 0.4) is 0 Å². The van der Waals surface area contributed by atoms with E-state index in [1.54, 1.807) is 50.2 Å². The molecule has 0 bridgehead atoms. The van der Waals surface area contributed by atoms with Crippen LogP contribution >= 0.6 is 7.60 Å². The average molecular weight is 742 g/mol. The van der Waals surface area contributed by atoms with E-state index >= 15 is 0 Å². The standard InChI is InChI=1S/C34H52N3O11PS/c1-5-24(6-2)20-35-26-11-15-28(16-12-26)50(41,42)36-21-31(38)30(37-34(39)48-32-22-44-33-29(32)17-18-43-33)19-25-9-13-27(14-10-25)45-23-49(40,46-7-3)47-8-4/h9-16,24,29-33,35-36,38H,5-8,17-23H2,1-4H3,(H,37,39)/t29-,30-,31+,32-,33+/m0/s1. The van der Waals surface area contributed by atoms with Crippen molar-refractivity contribution in [1.29, 1.82) is 0 Å². The van der Waals surface area contributed by atoms with E-state index in [9.17, 15) is 22.9 Å². The van der Waals surface area contributed by atoms with Gasteiger partial charge in [-0.05, 0) is 74.6 Å². The molecule has 16 heteroatoms. The van der Waals surface area contributed by atoms with Gasteiger partial charge in [-0.1, -0.05) is 38.8 Å². The maximum absolute atomic E-state index is 13.2. The summed E-state index contributed by atoms with van der Waals surface area (Å²) in [6, 6.07) is 12.2. The molecule has 4 N–H and O–H groups in total. The van der Waals surface area contributed by atoms with E-state index < -0.39 is 48.3 Å². The van der Waals surface area contributed by atoms with Gasteiger partial charge in [-0.2, -0.15) is 0 Å². The van der Waals surface area contributed by atoms with Gasteiger partial charge in [0.15, 0.2) is 12.6 Å². The molecule has 4 rings (SSSR count). The zero-order valence-electron chi connectivity index (χ0n) is 29.2. The average Bonchev–Trinajstić information content (AvgIpc) is 3.73. The molecule has 2 aliphatic rings. The van der Waals surface area contributed by atoms with Gasteiger partial charge in [0.1, 0.15) is 11.9 Å². The topological polar surface area (TPSA) is 180 Å². The van der Waals surface area contributed by atoms with E-state index in [1.165, 1.54) is 12.1 Å². The van der Waals surface area contributed by atoms with E-state index in [2.05, 4.69) is 29.2 Å². The molecule has 2 aromatic rings. The molecule has 280 valence electrons. The van der Waals surface area contributed by atoms with Crippen LogP contribution < -0.4 is 20.1 Å². The monoisotopic (exact) mass is 741 g/mol. The fraction of sp³-hybridized carbons (Fsp3) is 0.618. The fourth-order valence-corrected chi connectivity index (χ4v) is 8.17. The number of aliphatic hydroxyl groups is 1. The summed E-state index contributed by atoms with van der Waals surface area (Å²) in [5, 5.41) is 17.3. The zero-order valence-corrected chi connectivity index (χ0v) is 31.0. The molecular weight excluding hydrogens is 689 g/mol. The molecule has 1 amide bonds. The Hall–Kier alpha value is -2.75. The molecular formula is C34H52N3O11PS. The first-order valence-corrected chi connectivity index (χ1v) is 20.5. The van der Waals surface area contributed by atoms with Gasteiger partial charge in [0.25, 0.3) is 0 Å². The van der Waals surface area contributed by atoms with Crippen molar-refractivity contribution < 1.29 is 50.9 Å². The molecule has 0 radical (unpaired) electrons. The molecule has 0 unspecified atom stereocenters. The lowest BCUT2D eigenvalue weighted by Gasteiger charge is -2.26. The summed E-state index contributed by atoms with van der Waals surface area (Å²) in [4.78, 5) is 13.1. The minimum atomic E-state index is -3.98. The minimum Gasteiger partial charge on any atom is -0.481 e. The summed E-state index contributed by atoms with van der Waals surface area (Å²) >= 11 is 0. The number of amides is 1. The van der Waals surface area contributed by atoms with Gasteiger partial charge in [-0.3, -0.25) is 4.57 Å². The number of benzene rings is 2. The smallest absolute Gasteiger partial charge is 0.407 e. The predicted molar refractivity (Wildman–Crippen MR) is 188 cm³/mol. The molecule has 50 heavy (non-hydrogen) atoms. The normalized spacial score (nSPS) is 20.3. The van der Waals surface area contributed by atoms with Crippen LogP contribution in [-0.2, 0) is 44.3 Å². The number of rotatable bonds is 21. The second-order valence-electron chi connectivity index (χ2n) is 12.3. The first kappa shape index (κ1) is 40.0. The van der Waals surface area contributed by atoms with Crippen molar-refractivity contribution in [2.24, 2.45) is 11.8 Å². The number of nitrogens with one attached hydrogen (secondary N) is 3. The Morgan fingerprint density at radius 2 is 1.66 bits per heavy atom. The highest BCUT2D eigenvalue weighted by molar-refractivity contribution is 7.89. The first-order chi connectivity index (χ1) is 24.0. The summed E-state index contributed by atoms with van der Waals surface area (Å²) < 4.78 is 74.5. The van der Waals surface area contributed by atoms with Gasteiger partial charge in [0.2, 0.25) is 10.0 Å². The Balaban J connectivity index is 1.40. The molecule has 2 aliphatic heterocycles. The van der Waals surface area contributed by atoms with E-state index in [0.717, 1.165) is 25.1 Å². The maximum Gasteiger partial charge on any atom is 0.407 e. The van der Waals surface area contributed by atoms with Crippen molar-refractivity contribution >= 4 is 29.4 Å². The second-order valence-corrected chi connectivity index (χ2v) is 16.1. The van der Waals surface area contributed by atoms with Crippen LogP contribution in [0.4, 0.5) is 10.5 Å². The van der Waals surface area contributed by atoms with Gasteiger partial charge in [-0.15, -0.1) is 0 Å². The molecule has 0 spiro atoms.